The average molecular weight is 165 g/mol. The minimum atomic E-state index is -0.827. The monoisotopic (exact) mass is 165 g/mol. The van der Waals surface area contributed by atoms with Gasteiger partial charge in [-0.25, -0.2) is 0 Å². The third-order valence-corrected chi connectivity index (χ3v) is 2.07. The standard InChI is InChI=1S/C9H11NO2/c1-7-2-3-10-8(4-7)9(11)5-12-6-9/h2-4,11H,5-6H2,1H3. The van der Waals surface area contributed by atoms with Crippen LogP contribution >= 0.6 is 0 Å². The quantitative estimate of drug-likeness (QED) is 0.663. The van der Waals surface area contributed by atoms with Gasteiger partial charge in [0.1, 0.15) is 0 Å². The van der Waals surface area contributed by atoms with E-state index in [2.05, 4.69) is 4.98 Å². The fraction of sp³-hybridized carbons (Fsp3) is 0.444. The zero-order chi connectivity index (χ0) is 8.60. The number of hydrogen-bond donors (Lipinski definition) is 1. The molecule has 12 heavy (non-hydrogen) atoms. The predicted molar refractivity (Wildman–Crippen MR) is 43.7 cm³/mol. The van der Waals surface area contributed by atoms with Crippen molar-refractivity contribution in [2.75, 3.05) is 13.2 Å². The van der Waals surface area contributed by atoms with Crippen molar-refractivity contribution in [3.05, 3.63) is 29.6 Å². The average Bonchev–Trinajstić information content (AvgIpc) is 2.00. The van der Waals surface area contributed by atoms with Crippen molar-refractivity contribution in [1.29, 1.82) is 0 Å². The van der Waals surface area contributed by atoms with Crippen LogP contribution in [-0.4, -0.2) is 23.3 Å². The number of rotatable bonds is 1. The van der Waals surface area contributed by atoms with E-state index in [9.17, 15) is 5.11 Å². The lowest BCUT2D eigenvalue weighted by atomic mass is 9.96. The third-order valence-electron chi connectivity index (χ3n) is 2.07. The number of aromatic nitrogens is 1. The summed E-state index contributed by atoms with van der Waals surface area (Å²) < 4.78 is 4.94. The highest BCUT2D eigenvalue weighted by Gasteiger charge is 2.39. The number of aryl methyl sites for hydroxylation is 1. The van der Waals surface area contributed by atoms with Crippen LogP contribution in [0.25, 0.3) is 0 Å². The second kappa shape index (κ2) is 2.54. The molecule has 1 fully saturated rings. The fourth-order valence-electron chi connectivity index (χ4n) is 1.23. The van der Waals surface area contributed by atoms with Crippen molar-refractivity contribution >= 4 is 0 Å². The molecule has 0 radical (unpaired) electrons. The summed E-state index contributed by atoms with van der Waals surface area (Å²) >= 11 is 0. The van der Waals surface area contributed by atoms with E-state index in [0.29, 0.717) is 18.9 Å². The third kappa shape index (κ3) is 1.11. The molecule has 64 valence electrons. The molecule has 2 heterocycles. The molecule has 0 atom stereocenters. The number of aliphatic hydroxyl groups is 1. The van der Waals surface area contributed by atoms with Gasteiger partial charge >= 0.3 is 0 Å². The first-order chi connectivity index (χ1) is 5.71. The van der Waals surface area contributed by atoms with Crippen LogP contribution in [-0.2, 0) is 10.3 Å². The second-order valence-corrected chi connectivity index (χ2v) is 3.24. The summed E-state index contributed by atoms with van der Waals surface area (Å²) in [5.74, 6) is 0. The largest absolute Gasteiger partial charge is 0.379 e. The maximum Gasteiger partial charge on any atom is 0.153 e. The Morgan fingerprint density at radius 1 is 1.58 bits per heavy atom. The summed E-state index contributed by atoms with van der Waals surface area (Å²) in [5, 5.41) is 9.82. The van der Waals surface area contributed by atoms with Gasteiger partial charge in [-0.3, -0.25) is 4.98 Å². The molecule has 0 spiro atoms. The molecule has 1 aromatic heterocycles. The summed E-state index contributed by atoms with van der Waals surface area (Å²) in [6.45, 7) is 2.71. The Morgan fingerprint density at radius 2 is 2.33 bits per heavy atom. The molecule has 1 aliphatic rings. The van der Waals surface area contributed by atoms with E-state index in [4.69, 9.17) is 4.74 Å². The van der Waals surface area contributed by atoms with Gasteiger partial charge in [0.25, 0.3) is 0 Å². The minimum Gasteiger partial charge on any atom is -0.379 e. The molecule has 0 bridgehead atoms. The Labute approximate surface area is 71.0 Å². The van der Waals surface area contributed by atoms with E-state index < -0.39 is 5.60 Å². The predicted octanol–water partition coefficient (Wildman–Crippen LogP) is 0.608. The molecule has 0 unspecified atom stereocenters. The highest BCUT2D eigenvalue weighted by Crippen LogP contribution is 2.27. The molecule has 0 saturated carbocycles. The van der Waals surface area contributed by atoms with E-state index in [1.54, 1.807) is 6.20 Å². The molecular weight excluding hydrogens is 154 g/mol. The van der Waals surface area contributed by atoms with Gasteiger partial charge in [-0.15, -0.1) is 0 Å². The van der Waals surface area contributed by atoms with Crippen LogP contribution < -0.4 is 0 Å². The first-order valence-electron chi connectivity index (χ1n) is 3.94. The van der Waals surface area contributed by atoms with Crippen molar-refractivity contribution in [1.82, 2.24) is 4.98 Å². The maximum atomic E-state index is 9.82. The Bertz CT molecular complexity index is 294. The van der Waals surface area contributed by atoms with Crippen molar-refractivity contribution < 1.29 is 9.84 Å². The van der Waals surface area contributed by atoms with Crippen molar-refractivity contribution in [3.8, 4) is 0 Å². The van der Waals surface area contributed by atoms with Gasteiger partial charge in [0.05, 0.1) is 18.9 Å². The van der Waals surface area contributed by atoms with Gasteiger partial charge in [-0.2, -0.15) is 0 Å². The smallest absolute Gasteiger partial charge is 0.153 e. The van der Waals surface area contributed by atoms with Gasteiger partial charge < -0.3 is 9.84 Å². The van der Waals surface area contributed by atoms with E-state index in [1.807, 2.05) is 19.1 Å². The lowest BCUT2D eigenvalue weighted by Gasteiger charge is -2.35. The van der Waals surface area contributed by atoms with Crippen LogP contribution in [0.1, 0.15) is 11.3 Å². The number of pyridine rings is 1. The van der Waals surface area contributed by atoms with Gasteiger partial charge in [0.15, 0.2) is 5.60 Å². The van der Waals surface area contributed by atoms with Crippen molar-refractivity contribution in [3.63, 3.8) is 0 Å². The number of hydrogen-bond acceptors (Lipinski definition) is 3. The SMILES string of the molecule is Cc1ccnc(C2(O)COC2)c1. The van der Waals surface area contributed by atoms with Gasteiger partial charge in [-0.1, -0.05) is 0 Å². The van der Waals surface area contributed by atoms with Crippen molar-refractivity contribution in [2.24, 2.45) is 0 Å². The molecule has 1 saturated heterocycles. The minimum absolute atomic E-state index is 0.365. The Kier molecular flexibility index (Phi) is 1.63. The summed E-state index contributed by atoms with van der Waals surface area (Å²) in [6, 6.07) is 3.80. The van der Waals surface area contributed by atoms with E-state index in [-0.39, 0.29) is 0 Å². The molecule has 0 aromatic carbocycles. The first kappa shape index (κ1) is 7.71. The van der Waals surface area contributed by atoms with Gasteiger partial charge in [0.2, 0.25) is 0 Å². The van der Waals surface area contributed by atoms with Crippen LogP contribution in [0.2, 0.25) is 0 Å². The molecular formula is C9H11NO2. The molecule has 0 aliphatic carbocycles. The van der Waals surface area contributed by atoms with Gasteiger partial charge in [0, 0.05) is 6.20 Å². The Morgan fingerprint density at radius 3 is 2.83 bits per heavy atom. The normalized spacial score (nSPS) is 20.2. The summed E-state index contributed by atoms with van der Waals surface area (Å²) in [4.78, 5) is 4.10. The second-order valence-electron chi connectivity index (χ2n) is 3.24. The molecule has 1 aromatic rings. The van der Waals surface area contributed by atoms with E-state index >= 15 is 0 Å². The van der Waals surface area contributed by atoms with Gasteiger partial charge in [-0.05, 0) is 24.6 Å². The zero-order valence-electron chi connectivity index (χ0n) is 6.95. The molecule has 1 N–H and O–H groups in total. The molecule has 3 heteroatoms. The molecule has 1 aliphatic heterocycles. The lowest BCUT2D eigenvalue weighted by molar-refractivity contribution is -0.186. The van der Waals surface area contributed by atoms with Crippen LogP contribution in [0.15, 0.2) is 18.3 Å². The maximum absolute atomic E-state index is 9.82. The highest BCUT2D eigenvalue weighted by molar-refractivity contribution is 5.21. The topological polar surface area (TPSA) is 42.4 Å². The molecule has 3 nitrogen and oxygen atoms in total. The zero-order valence-corrected chi connectivity index (χ0v) is 6.95. The van der Waals surface area contributed by atoms with Crippen molar-refractivity contribution in [2.45, 2.75) is 12.5 Å². The lowest BCUT2D eigenvalue weighted by Crippen LogP contribution is -2.47. The molecule has 2 rings (SSSR count). The first-order valence-corrected chi connectivity index (χ1v) is 3.94. The summed E-state index contributed by atoms with van der Waals surface area (Å²) in [5.41, 5.74) is 1.00. The number of nitrogens with zero attached hydrogens (tertiary/aromatic N) is 1. The highest BCUT2D eigenvalue weighted by atomic mass is 16.5. The van der Waals surface area contributed by atoms with Crippen LogP contribution in [0.3, 0.4) is 0 Å². The Balaban J connectivity index is 2.33. The fourth-order valence-corrected chi connectivity index (χ4v) is 1.23. The summed E-state index contributed by atoms with van der Waals surface area (Å²) in [7, 11) is 0. The van der Waals surface area contributed by atoms with Crippen LogP contribution in [0.4, 0.5) is 0 Å². The van der Waals surface area contributed by atoms with E-state index in [0.717, 1.165) is 5.56 Å². The Hall–Kier alpha value is -0.930. The van der Waals surface area contributed by atoms with Crippen LogP contribution in [0.5, 0.6) is 0 Å². The van der Waals surface area contributed by atoms with Crippen LogP contribution in [0, 0.1) is 6.92 Å². The van der Waals surface area contributed by atoms with E-state index in [1.165, 1.54) is 0 Å². The number of ether oxygens (including phenoxy) is 1. The molecule has 0 amide bonds. The summed E-state index contributed by atoms with van der Waals surface area (Å²) in [6.07, 6.45) is 1.71.